The second-order valence-corrected chi connectivity index (χ2v) is 9.85. The number of hydrogen-bond acceptors (Lipinski definition) is 0. The number of halogens is 4. The van der Waals surface area contributed by atoms with E-state index in [1.54, 1.807) is 0 Å². The van der Waals surface area contributed by atoms with Crippen LogP contribution in [0.1, 0.15) is 11.1 Å². The molecule has 0 atom stereocenters. The predicted molar refractivity (Wildman–Crippen MR) is 66.7 cm³/mol. The molecule has 17 heavy (non-hydrogen) atoms. The molecule has 0 aliphatic carbocycles. The lowest BCUT2D eigenvalue weighted by Crippen LogP contribution is -2.16. The van der Waals surface area contributed by atoms with Crippen molar-refractivity contribution in [3.05, 3.63) is 34.3 Å². The summed E-state index contributed by atoms with van der Waals surface area (Å²) in [6, 6.07) is 3.73. The molecule has 0 heterocycles. The molecule has 1 aromatic carbocycles. The fraction of sp³-hybridized carbons (Fsp3) is 0.333. The van der Waals surface area contributed by atoms with Crippen molar-refractivity contribution < 1.29 is 13.2 Å². The van der Waals surface area contributed by atoms with Gasteiger partial charge in [0, 0.05) is 5.56 Å². The Morgan fingerprint density at radius 1 is 1.18 bits per heavy atom. The Labute approximate surface area is 105 Å². The smallest absolute Gasteiger partial charge is 0.166 e. The summed E-state index contributed by atoms with van der Waals surface area (Å²) in [6.07, 6.45) is -4.44. The SMILES string of the molecule is C[Si](C)(C)C#Cc1ccc(Cl)c(C(F)(F)F)c1. The van der Waals surface area contributed by atoms with E-state index in [4.69, 9.17) is 11.6 Å². The fourth-order valence-corrected chi connectivity index (χ4v) is 1.82. The van der Waals surface area contributed by atoms with Crippen LogP contribution in [-0.4, -0.2) is 8.07 Å². The highest BCUT2D eigenvalue weighted by atomic mass is 35.5. The summed E-state index contributed by atoms with van der Waals surface area (Å²) in [4.78, 5) is 0. The molecular weight excluding hydrogens is 265 g/mol. The van der Waals surface area contributed by atoms with Crippen LogP contribution in [0.5, 0.6) is 0 Å². The largest absolute Gasteiger partial charge is 0.417 e. The Hall–Kier alpha value is -0.923. The van der Waals surface area contributed by atoms with E-state index in [2.05, 4.69) is 11.5 Å². The van der Waals surface area contributed by atoms with Crippen LogP contribution in [0.4, 0.5) is 13.2 Å². The Kier molecular flexibility index (Phi) is 3.95. The molecule has 0 aliphatic heterocycles. The molecule has 5 heteroatoms. The lowest BCUT2D eigenvalue weighted by atomic mass is 10.1. The molecule has 92 valence electrons. The van der Waals surface area contributed by atoms with Gasteiger partial charge in [0.1, 0.15) is 8.07 Å². The van der Waals surface area contributed by atoms with Gasteiger partial charge in [0.25, 0.3) is 0 Å². The first-order chi connectivity index (χ1) is 7.59. The van der Waals surface area contributed by atoms with Gasteiger partial charge in [0.15, 0.2) is 0 Å². The maximum absolute atomic E-state index is 12.6. The van der Waals surface area contributed by atoms with Crippen LogP contribution in [0.15, 0.2) is 18.2 Å². The summed E-state index contributed by atoms with van der Waals surface area (Å²) in [7, 11) is -1.59. The Bertz CT molecular complexity index is 475. The summed E-state index contributed by atoms with van der Waals surface area (Å²) in [5.41, 5.74) is 2.53. The summed E-state index contributed by atoms with van der Waals surface area (Å²) in [5.74, 6) is 2.78. The van der Waals surface area contributed by atoms with Crippen molar-refractivity contribution in [1.29, 1.82) is 0 Å². The number of alkyl halides is 3. The Balaban J connectivity index is 3.17. The molecule has 0 N–H and O–H groups in total. The maximum atomic E-state index is 12.6. The van der Waals surface area contributed by atoms with Crippen molar-refractivity contribution in [2.75, 3.05) is 0 Å². The van der Waals surface area contributed by atoms with E-state index in [0.717, 1.165) is 6.07 Å². The first kappa shape index (κ1) is 14.1. The van der Waals surface area contributed by atoms with Gasteiger partial charge >= 0.3 is 6.18 Å². The molecule has 0 saturated heterocycles. The van der Waals surface area contributed by atoms with Crippen LogP contribution in [0.2, 0.25) is 24.7 Å². The summed E-state index contributed by atoms with van der Waals surface area (Å²) < 4.78 is 37.7. The van der Waals surface area contributed by atoms with E-state index >= 15 is 0 Å². The molecule has 0 spiro atoms. The lowest BCUT2D eigenvalue weighted by Gasteiger charge is -2.09. The van der Waals surface area contributed by atoms with Gasteiger partial charge in [-0.1, -0.05) is 37.2 Å². The summed E-state index contributed by atoms with van der Waals surface area (Å²) >= 11 is 5.51. The molecule has 0 amide bonds. The number of benzene rings is 1. The Morgan fingerprint density at radius 2 is 1.76 bits per heavy atom. The molecule has 0 aromatic heterocycles. The molecule has 1 rings (SSSR count). The van der Waals surface area contributed by atoms with E-state index in [1.165, 1.54) is 12.1 Å². The minimum absolute atomic E-state index is 0.295. The zero-order chi connectivity index (χ0) is 13.3. The van der Waals surface area contributed by atoms with Crippen LogP contribution in [-0.2, 0) is 6.18 Å². The number of rotatable bonds is 0. The van der Waals surface area contributed by atoms with E-state index in [-0.39, 0.29) is 5.02 Å². The average molecular weight is 277 g/mol. The standard InChI is InChI=1S/C12H12ClF3Si/c1-17(2,3)7-6-9-4-5-11(13)10(8-9)12(14,15)16/h4-5,8H,1-3H3. The monoisotopic (exact) mass is 276 g/mol. The first-order valence-electron chi connectivity index (χ1n) is 4.99. The quantitative estimate of drug-likeness (QED) is 0.480. The minimum Gasteiger partial charge on any atom is -0.166 e. The zero-order valence-corrected chi connectivity index (χ0v) is 11.5. The van der Waals surface area contributed by atoms with Gasteiger partial charge in [-0.3, -0.25) is 0 Å². The third kappa shape index (κ3) is 4.45. The molecular formula is C12H12ClF3Si. The maximum Gasteiger partial charge on any atom is 0.417 e. The van der Waals surface area contributed by atoms with Crippen LogP contribution >= 0.6 is 11.6 Å². The van der Waals surface area contributed by atoms with Gasteiger partial charge in [0.05, 0.1) is 10.6 Å². The lowest BCUT2D eigenvalue weighted by molar-refractivity contribution is -0.137. The van der Waals surface area contributed by atoms with E-state index in [1.807, 2.05) is 19.6 Å². The van der Waals surface area contributed by atoms with E-state index in [9.17, 15) is 13.2 Å². The predicted octanol–water partition coefficient (Wildman–Crippen LogP) is 4.59. The highest BCUT2D eigenvalue weighted by molar-refractivity contribution is 6.83. The van der Waals surface area contributed by atoms with Crippen molar-refractivity contribution in [3.8, 4) is 11.5 Å². The van der Waals surface area contributed by atoms with Gasteiger partial charge in [-0.05, 0) is 18.2 Å². The van der Waals surface area contributed by atoms with Crippen molar-refractivity contribution in [1.82, 2.24) is 0 Å². The topological polar surface area (TPSA) is 0 Å². The highest BCUT2D eigenvalue weighted by Crippen LogP contribution is 2.34. The van der Waals surface area contributed by atoms with Gasteiger partial charge < -0.3 is 0 Å². The molecule has 0 nitrogen and oxygen atoms in total. The molecule has 0 unspecified atom stereocenters. The van der Waals surface area contributed by atoms with Crippen LogP contribution in [0, 0.1) is 11.5 Å². The first-order valence-corrected chi connectivity index (χ1v) is 8.87. The average Bonchev–Trinajstić information content (AvgIpc) is 2.13. The van der Waals surface area contributed by atoms with E-state index < -0.39 is 19.8 Å². The normalized spacial score (nSPS) is 11.9. The van der Waals surface area contributed by atoms with Gasteiger partial charge in [-0.2, -0.15) is 13.2 Å². The third-order valence-corrected chi connectivity index (χ3v) is 3.06. The summed E-state index contributed by atoms with van der Waals surface area (Å²) in [5, 5.41) is -0.295. The van der Waals surface area contributed by atoms with Crippen LogP contribution in [0.3, 0.4) is 0 Å². The molecule has 1 aromatic rings. The molecule has 0 radical (unpaired) electrons. The van der Waals surface area contributed by atoms with Crippen molar-refractivity contribution >= 4 is 19.7 Å². The van der Waals surface area contributed by atoms with Crippen LogP contribution < -0.4 is 0 Å². The molecule has 0 saturated carbocycles. The van der Waals surface area contributed by atoms with Gasteiger partial charge in [-0.15, -0.1) is 5.54 Å². The number of hydrogen-bond donors (Lipinski definition) is 0. The van der Waals surface area contributed by atoms with E-state index in [0.29, 0.717) is 5.56 Å². The Morgan fingerprint density at radius 3 is 2.24 bits per heavy atom. The van der Waals surface area contributed by atoms with Gasteiger partial charge in [0.2, 0.25) is 0 Å². The molecule has 0 aliphatic rings. The second-order valence-electron chi connectivity index (χ2n) is 4.69. The van der Waals surface area contributed by atoms with Gasteiger partial charge in [-0.25, -0.2) is 0 Å². The highest BCUT2D eigenvalue weighted by Gasteiger charge is 2.33. The molecule has 0 fully saturated rings. The second kappa shape index (κ2) is 4.75. The molecule has 0 bridgehead atoms. The fourth-order valence-electron chi connectivity index (χ4n) is 1.08. The zero-order valence-electron chi connectivity index (χ0n) is 9.74. The third-order valence-electron chi connectivity index (χ3n) is 1.85. The van der Waals surface area contributed by atoms with Crippen molar-refractivity contribution in [2.45, 2.75) is 25.8 Å². The minimum atomic E-state index is -4.44. The van der Waals surface area contributed by atoms with Crippen molar-refractivity contribution in [3.63, 3.8) is 0 Å². The van der Waals surface area contributed by atoms with Crippen LogP contribution in [0.25, 0.3) is 0 Å². The van der Waals surface area contributed by atoms with Crippen molar-refractivity contribution in [2.24, 2.45) is 0 Å². The summed E-state index contributed by atoms with van der Waals surface area (Å²) in [6.45, 7) is 6.09.